The van der Waals surface area contributed by atoms with E-state index < -0.39 is 22.0 Å². The standard InChI is InChI=1S/C12H16ClNO4S/c1-2-3-7-10(12(15)16)14-19(17,18)11-8-5-4-6-9(11)13/h4-6,8,10,14H,2-3,7H2,1H3,(H,15,16). The van der Waals surface area contributed by atoms with Crippen molar-refractivity contribution in [3.05, 3.63) is 29.3 Å². The first-order valence-corrected chi connectivity index (χ1v) is 7.74. The number of carboxylic acid groups (broad SMARTS) is 1. The molecule has 0 spiro atoms. The second-order valence-electron chi connectivity index (χ2n) is 4.08. The maximum Gasteiger partial charge on any atom is 0.321 e. The van der Waals surface area contributed by atoms with Gasteiger partial charge in [0.25, 0.3) is 0 Å². The maximum atomic E-state index is 12.1. The largest absolute Gasteiger partial charge is 0.480 e. The van der Waals surface area contributed by atoms with Crippen LogP contribution < -0.4 is 4.72 Å². The molecule has 0 saturated carbocycles. The molecule has 0 aliphatic heterocycles. The van der Waals surface area contributed by atoms with E-state index in [2.05, 4.69) is 4.72 Å². The molecule has 0 fully saturated rings. The lowest BCUT2D eigenvalue weighted by molar-refractivity contribution is -0.139. The first-order valence-electron chi connectivity index (χ1n) is 5.88. The first kappa shape index (κ1) is 15.9. The number of aliphatic carboxylic acids is 1. The molecular weight excluding hydrogens is 290 g/mol. The number of benzene rings is 1. The summed E-state index contributed by atoms with van der Waals surface area (Å²) in [4.78, 5) is 10.9. The molecule has 0 aromatic heterocycles. The number of hydrogen-bond acceptors (Lipinski definition) is 3. The van der Waals surface area contributed by atoms with Crippen LogP contribution in [0.2, 0.25) is 5.02 Å². The molecule has 0 saturated heterocycles. The van der Waals surface area contributed by atoms with Gasteiger partial charge < -0.3 is 5.11 Å². The van der Waals surface area contributed by atoms with Crippen LogP contribution >= 0.6 is 11.6 Å². The van der Waals surface area contributed by atoms with Crippen LogP contribution in [-0.4, -0.2) is 25.5 Å². The normalized spacial score (nSPS) is 13.2. The van der Waals surface area contributed by atoms with Gasteiger partial charge in [-0.25, -0.2) is 8.42 Å². The number of unbranched alkanes of at least 4 members (excludes halogenated alkanes) is 1. The lowest BCUT2D eigenvalue weighted by Gasteiger charge is -2.15. The molecule has 1 atom stereocenters. The summed E-state index contributed by atoms with van der Waals surface area (Å²) >= 11 is 5.81. The van der Waals surface area contributed by atoms with Crippen molar-refractivity contribution >= 4 is 27.6 Å². The van der Waals surface area contributed by atoms with Gasteiger partial charge in [-0.15, -0.1) is 0 Å². The fraction of sp³-hybridized carbons (Fsp3) is 0.417. The second-order valence-corrected chi connectivity index (χ2v) is 6.17. The van der Waals surface area contributed by atoms with E-state index in [0.29, 0.717) is 6.42 Å². The molecule has 5 nitrogen and oxygen atoms in total. The molecular formula is C12H16ClNO4S. The van der Waals surface area contributed by atoms with E-state index in [-0.39, 0.29) is 16.3 Å². The second kappa shape index (κ2) is 6.88. The van der Waals surface area contributed by atoms with Crippen molar-refractivity contribution < 1.29 is 18.3 Å². The number of carbonyl (C=O) groups is 1. The maximum absolute atomic E-state index is 12.1. The summed E-state index contributed by atoms with van der Waals surface area (Å²) in [6.07, 6.45) is 1.66. The highest BCUT2D eigenvalue weighted by molar-refractivity contribution is 7.89. The topological polar surface area (TPSA) is 83.5 Å². The molecule has 0 radical (unpaired) electrons. The van der Waals surface area contributed by atoms with Crippen molar-refractivity contribution in [3.8, 4) is 0 Å². The molecule has 0 bridgehead atoms. The zero-order chi connectivity index (χ0) is 14.5. The Morgan fingerprint density at radius 2 is 2.05 bits per heavy atom. The molecule has 1 aromatic rings. The molecule has 2 N–H and O–H groups in total. The van der Waals surface area contributed by atoms with E-state index in [9.17, 15) is 13.2 Å². The van der Waals surface area contributed by atoms with Crippen LogP contribution in [0.15, 0.2) is 29.2 Å². The van der Waals surface area contributed by atoms with Crippen molar-refractivity contribution in [1.82, 2.24) is 4.72 Å². The molecule has 1 rings (SSSR count). The van der Waals surface area contributed by atoms with Crippen LogP contribution in [0.4, 0.5) is 0 Å². The van der Waals surface area contributed by atoms with Gasteiger partial charge in [-0.2, -0.15) is 4.72 Å². The smallest absolute Gasteiger partial charge is 0.321 e. The van der Waals surface area contributed by atoms with Crippen LogP contribution in [0.25, 0.3) is 0 Å². The fourth-order valence-corrected chi connectivity index (χ4v) is 3.30. The van der Waals surface area contributed by atoms with Crippen LogP contribution in [0.1, 0.15) is 26.2 Å². The van der Waals surface area contributed by atoms with Gasteiger partial charge in [0.05, 0.1) is 5.02 Å². The molecule has 1 aromatic carbocycles. The Morgan fingerprint density at radius 3 is 2.58 bits per heavy atom. The average molecular weight is 306 g/mol. The van der Waals surface area contributed by atoms with Gasteiger partial charge in [0.1, 0.15) is 10.9 Å². The van der Waals surface area contributed by atoms with Gasteiger partial charge in [-0.05, 0) is 18.6 Å². The van der Waals surface area contributed by atoms with Crippen molar-refractivity contribution in [2.75, 3.05) is 0 Å². The monoisotopic (exact) mass is 305 g/mol. The zero-order valence-electron chi connectivity index (χ0n) is 10.5. The van der Waals surface area contributed by atoms with Gasteiger partial charge in [-0.3, -0.25) is 4.79 Å². The van der Waals surface area contributed by atoms with Crippen LogP contribution in [0.3, 0.4) is 0 Å². The van der Waals surface area contributed by atoms with Crippen molar-refractivity contribution in [2.45, 2.75) is 37.1 Å². The lowest BCUT2D eigenvalue weighted by atomic mass is 10.1. The minimum Gasteiger partial charge on any atom is -0.480 e. The van der Waals surface area contributed by atoms with E-state index in [1.807, 2.05) is 6.92 Å². The van der Waals surface area contributed by atoms with Gasteiger partial charge in [0.15, 0.2) is 0 Å². The Kier molecular flexibility index (Phi) is 5.78. The van der Waals surface area contributed by atoms with Crippen molar-refractivity contribution in [1.29, 1.82) is 0 Å². The van der Waals surface area contributed by atoms with Crippen LogP contribution in [-0.2, 0) is 14.8 Å². The fourth-order valence-electron chi connectivity index (χ4n) is 1.55. The number of rotatable bonds is 7. The third-order valence-corrected chi connectivity index (χ3v) is 4.54. The summed E-state index contributed by atoms with van der Waals surface area (Å²) in [7, 11) is -3.93. The molecule has 106 valence electrons. The summed E-state index contributed by atoms with van der Waals surface area (Å²) in [6.45, 7) is 1.90. The van der Waals surface area contributed by atoms with E-state index in [1.54, 1.807) is 6.07 Å². The minimum atomic E-state index is -3.93. The van der Waals surface area contributed by atoms with E-state index in [1.165, 1.54) is 18.2 Å². The Hall–Kier alpha value is -1.11. The number of carboxylic acids is 1. The van der Waals surface area contributed by atoms with Gasteiger partial charge in [-0.1, -0.05) is 43.5 Å². The Morgan fingerprint density at radius 1 is 1.42 bits per heavy atom. The predicted octanol–water partition coefficient (Wildman–Crippen LogP) is 2.26. The van der Waals surface area contributed by atoms with Crippen molar-refractivity contribution in [3.63, 3.8) is 0 Å². The highest BCUT2D eigenvalue weighted by Crippen LogP contribution is 2.20. The quantitative estimate of drug-likeness (QED) is 0.809. The molecule has 0 heterocycles. The Labute approximate surface area is 117 Å². The highest BCUT2D eigenvalue weighted by Gasteiger charge is 2.26. The van der Waals surface area contributed by atoms with E-state index in [4.69, 9.17) is 16.7 Å². The first-order chi connectivity index (χ1) is 8.88. The van der Waals surface area contributed by atoms with Crippen LogP contribution in [0.5, 0.6) is 0 Å². The Bertz CT molecular complexity index is 544. The predicted molar refractivity (Wildman–Crippen MR) is 72.7 cm³/mol. The number of nitrogens with one attached hydrogen (secondary N) is 1. The number of hydrogen-bond donors (Lipinski definition) is 2. The van der Waals surface area contributed by atoms with Crippen LogP contribution in [0, 0.1) is 0 Å². The number of halogens is 1. The molecule has 1 unspecified atom stereocenters. The lowest BCUT2D eigenvalue weighted by Crippen LogP contribution is -2.40. The minimum absolute atomic E-state index is 0.0645. The summed E-state index contributed by atoms with van der Waals surface area (Å²) in [5, 5.41) is 9.08. The molecule has 7 heteroatoms. The SMILES string of the molecule is CCCCC(NS(=O)(=O)c1ccccc1Cl)C(=O)O. The van der Waals surface area contributed by atoms with Gasteiger partial charge >= 0.3 is 5.97 Å². The summed E-state index contributed by atoms with van der Waals surface area (Å²) in [5.74, 6) is -1.19. The third-order valence-electron chi connectivity index (χ3n) is 2.57. The molecule has 0 aliphatic carbocycles. The summed E-state index contributed by atoms with van der Waals surface area (Å²) < 4.78 is 26.3. The number of sulfonamides is 1. The van der Waals surface area contributed by atoms with E-state index >= 15 is 0 Å². The summed E-state index contributed by atoms with van der Waals surface area (Å²) in [5.41, 5.74) is 0. The average Bonchev–Trinajstić information content (AvgIpc) is 2.34. The van der Waals surface area contributed by atoms with Crippen molar-refractivity contribution in [2.24, 2.45) is 0 Å². The molecule has 19 heavy (non-hydrogen) atoms. The third kappa shape index (κ3) is 4.49. The molecule has 0 aliphatic rings. The molecule has 0 amide bonds. The zero-order valence-corrected chi connectivity index (χ0v) is 12.0. The summed E-state index contributed by atoms with van der Waals surface area (Å²) in [6, 6.07) is 4.78. The Balaban J connectivity index is 2.95. The van der Waals surface area contributed by atoms with Gasteiger partial charge in [0.2, 0.25) is 10.0 Å². The van der Waals surface area contributed by atoms with E-state index in [0.717, 1.165) is 6.42 Å². The highest BCUT2D eigenvalue weighted by atomic mass is 35.5. The van der Waals surface area contributed by atoms with Gasteiger partial charge in [0, 0.05) is 0 Å².